The Balaban J connectivity index is 2.13. The van der Waals surface area contributed by atoms with Crippen LogP contribution in [0.1, 0.15) is 11.1 Å². The van der Waals surface area contributed by atoms with Gasteiger partial charge in [-0.1, -0.05) is 60.7 Å². The molecule has 0 aromatic heterocycles. The highest BCUT2D eigenvalue weighted by Crippen LogP contribution is 2.34. The first kappa shape index (κ1) is 10.9. The summed E-state index contributed by atoms with van der Waals surface area (Å²) in [6.07, 6.45) is 0. The van der Waals surface area contributed by atoms with Gasteiger partial charge in [0.1, 0.15) is 0 Å². The highest BCUT2D eigenvalue weighted by molar-refractivity contribution is 5.87. The first-order chi connectivity index (χ1) is 8.86. The zero-order chi connectivity index (χ0) is 12.4. The van der Waals surface area contributed by atoms with E-state index in [1.807, 2.05) is 24.3 Å². The largest absolute Gasteiger partial charge is 0.470 e. The SMILES string of the molecule is CN1COC(c2ccccc2)=C1c1ccccc1. The lowest BCUT2D eigenvalue weighted by Crippen LogP contribution is -2.12. The average molecular weight is 237 g/mol. The molecule has 1 aliphatic heterocycles. The second kappa shape index (κ2) is 4.57. The first-order valence-electron chi connectivity index (χ1n) is 6.05. The molecule has 2 aromatic carbocycles. The fourth-order valence-electron chi connectivity index (χ4n) is 2.22. The van der Waals surface area contributed by atoms with Gasteiger partial charge in [0, 0.05) is 18.2 Å². The number of benzene rings is 2. The molecule has 1 heterocycles. The van der Waals surface area contributed by atoms with Crippen LogP contribution >= 0.6 is 0 Å². The summed E-state index contributed by atoms with van der Waals surface area (Å²) < 4.78 is 5.82. The molecule has 0 radical (unpaired) electrons. The highest BCUT2D eigenvalue weighted by atomic mass is 16.5. The van der Waals surface area contributed by atoms with Crippen LogP contribution in [0, 0.1) is 0 Å². The average Bonchev–Trinajstić information content (AvgIpc) is 2.83. The van der Waals surface area contributed by atoms with Crippen LogP contribution < -0.4 is 0 Å². The second-order valence-electron chi connectivity index (χ2n) is 4.38. The van der Waals surface area contributed by atoms with E-state index >= 15 is 0 Å². The maximum atomic E-state index is 5.82. The van der Waals surface area contributed by atoms with E-state index < -0.39 is 0 Å². The molecule has 0 aliphatic carbocycles. The number of hydrogen-bond acceptors (Lipinski definition) is 2. The van der Waals surface area contributed by atoms with Crippen LogP contribution in [0.3, 0.4) is 0 Å². The molecular weight excluding hydrogens is 222 g/mol. The normalized spacial score (nSPS) is 14.8. The van der Waals surface area contributed by atoms with E-state index in [9.17, 15) is 0 Å². The Bertz CT molecular complexity index is 560. The van der Waals surface area contributed by atoms with Crippen LogP contribution in [0.4, 0.5) is 0 Å². The van der Waals surface area contributed by atoms with Crippen LogP contribution in [0.15, 0.2) is 60.7 Å². The topological polar surface area (TPSA) is 12.5 Å². The Morgan fingerprint density at radius 1 is 0.833 bits per heavy atom. The maximum Gasteiger partial charge on any atom is 0.161 e. The molecule has 18 heavy (non-hydrogen) atoms. The monoisotopic (exact) mass is 237 g/mol. The molecule has 0 amide bonds. The van der Waals surface area contributed by atoms with E-state index in [0.717, 1.165) is 17.0 Å². The fraction of sp³-hybridized carbons (Fsp3) is 0.125. The van der Waals surface area contributed by atoms with Gasteiger partial charge in [-0.3, -0.25) is 0 Å². The van der Waals surface area contributed by atoms with Gasteiger partial charge in [0.15, 0.2) is 12.5 Å². The molecule has 0 fully saturated rings. The van der Waals surface area contributed by atoms with E-state index in [1.54, 1.807) is 0 Å². The van der Waals surface area contributed by atoms with E-state index in [2.05, 4.69) is 48.3 Å². The van der Waals surface area contributed by atoms with Crippen molar-refractivity contribution >= 4 is 11.5 Å². The Hall–Kier alpha value is -2.22. The predicted octanol–water partition coefficient (Wildman–Crippen LogP) is 3.43. The molecule has 0 saturated heterocycles. The molecule has 0 N–H and O–H groups in total. The Morgan fingerprint density at radius 3 is 2.00 bits per heavy atom. The number of rotatable bonds is 2. The van der Waals surface area contributed by atoms with E-state index in [-0.39, 0.29) is 0 Å². The molecular formula is C16H15NO. The van der Waals surface area contributed by atoms with Crippen LogP contribution in [0.2, 0.25) is 0 Å². The number of ether oxygens (including phenoxy) is 1. The van der Waals surface area contributed by atoms with E-state index in [0.29, 0.717) is 6.73 Å². The van der Waals surface area contributed by atoms with Crippen molar-refractivity contribution in [2.75, 3.05) is 13.8 Å². The minimum atomic E-state index is 0.606. The van der Waals surface area contributed by atoms with Crippen molar-refractivity contribution in [3.63, 3.8) is 0 Å². The highest BCUT2D eigenvalue weighted by Gasteiger charge is 2.23. The lowest BCUT2D eigenvalue weighted by atomic mass is 10.1. The summed E-state index contributed by atoms with van der Waals surface area (Å²) in [7, 11) is 2.05. The summed E-state index contributed by atoms with van der Waals surface area (Å²) in [5, 5.41) is 0. The Morgan fingerprint density at radius 2 is 1.39 bits per heavy atom. The van der Waals surface area contributed by atoms with Crippen LogP contribution in [0.25, 0.3) is 11.5 Å². The molecule has 0 saturated carbocycles. The lowest BCUT2D eigenvalue weighted by molar-refractivity contribution is 0.210. The van der Waals surface area contributed by atoms with Crippen molar-refractivity contribution in [1.82, 2.24) is 4.90 Å². The van der Waals surface area contributed by atoms with Crippen molar-refractivity contribution in [2.45, 2.75) is 0 Å². The Labute approximate surface area is 107 Å². The summed E-state index contributed by atoms with van der Waals surface area (Å²) >= 11 is 0. The van der Waals surface area contributed by atoms with Crippen LogP contribution in [0.5, 0.6) is 0 Å². The molecule has 0 atom stereocenters. The lowest BCUT2D eigenvalue weighted by Gasteiger charge is -2.13. The summed E-state index contributed by atoms with van der Waals surface area (Å²) in [6.45, 7) is 0.606. The molecule has 2 nitrogen and oxygen atoms in total. The zero-order valence-corrected chi connectivity index (χ0v) is 10.3. The first-order valence-corrected chi connectivity index (χ1v) is 6.05. The zero-order valence-electron chi connectivity index (χ0n) is 10.3. The van der Waals surface area contributed by atoms with Crippen molar-refractivity contribution in [3.8, 4) is 0 Å². The van der Waals surface area contributed by atoms with Crippen LogP contribution in [-0.2, 0) is 4.74 Å². The number of nitrogens with zero attached hydrogens (tertiary/aromatic N) is 1. The summed E-state index contributed by atoms with van der Waals surface area (Å²) in [4.78, 5) is 2.14. The van der Waals surface area contributed by atoms with Gasteiger partial charge < -0.3 is 9.64 Å². The van der Waals surface area contributed by atoms with Crippen molar-refractivity contribution in [1.29, 1.82) is 0 Å². The van der Waals surface area contributed by atoms with Gasteiger partial charge in [0.2, 0.25) is 0 Å². The third kappa shape index (κ3) is 1.86. The van der Waals surface area contributed by atoms with Gasteiger partial charge in [-0.15, -0.1) is 0 Å². The summed E-state index contributed by atoms with van der Waals surface area (Å²) in [6, 6.07) is 20.6. The van der Waals surface area contributed by atoms with Gasteiger partial charge in [0.25, 0.3) is 0 Å². The van der Waals surface area contributed by atoms with Crippen molar-refractivity contribution in [3.05, 3.63) is 71.8 Å². The fourth-order valence-corrected chi connectivity index (χ4v) is 2.22. The molecule has 3 rings (SSSR count). The molecule has 1 aliphatic rings. The molecule has 2 heteroatoms. The van der Waals surface area contributed by atoms with Crippen molar-refractivity contribution < 1.29 is 4.74 Å². The van der Waals surface area contributed by atoms with Crippen LogP contribution in [-0.4, -0.2) is 18.7 Å². The smallest absolute Gasteiger partial charge is 0.161 e. The summed E-state index contributed by atoms with van der Waals surface area (Å²) in [5.74, 6) is 0.962. The minimum absolute atomic E-state index is 0.606. The second-order valence-corrected chi connectivity index (χ2v) is 4.38. The minimum Gasteiger partial charge on any atom is -0.470 e. The number of hydrogen-bond donors (Lipinski definition) is 0. The van der Waals surface area contributed by atoms with Gasteiger partial charge in [-0.2, -0.15) is 0 Å². The molecule has 90 valence electrons. The molecule has 0 spiro atoms. The standard InChI is InChI=1S/C16H15NO/c1-17-12-18-16(14-10-6-3-7-11-14)15(17)13-8-4-2-5-9-13/h2-11H,12H2,1H3. The Kier molecular flexibility index (Phi) is 2.77. The van der Waals surface area contributed by atoms with Gasteiger partial charge >= 0.3 is 0 Å². The van der Waals surface area contributed by atoms with E-state index in [4.69, 9.17) is 4.74 Å². The third-order valence-electron chi connectivity index (χ3n) is 3.08. The quantitative estimate of drug-likeness (QED) is 0.793. The van der Waals surface area contributed by atoms with Crippen molar-refractivity contribution in [2.24, 2.45) is 0 Å². The van der Waals surface area contributed by atoms with Gasteiger partial charge in [-0.25, -0.2) is 0 Å². The molecule has 0 unspecified atom stereocenters. The van der Waals surface area contributed by atoms with E-state index in [1.165, 1.54) is 5.56 Å². The third-order valence-corrected chi connectivity index (χ3v) is 3.08. The summed E-state index contributed by atoms with van der Waals surface area (Å²) in [5.41, 5.74) is 3.47. The van der Waals surface area contributed by atoms with Gasteiger partial charge in [-0.05, 0) is 0 Å². The van der Waals surface area contributed by atoms with Gasteiger partial charge in [0.05, 0.1) is 5.70 Å². The molecule has 2 aromatic rings. The maximum absolute atomic E-state index is 5.82. The molecule has 0 bridgehead atoms. The predicted molar refractivity (Wildman–Crippen MR) is 73.4 cm³/mol.